The standard InChI is InChI=1S/C32H39FNO8P/c1-19(2)41-43(39,42-20(3)4)18-40-26-12-14-29-28(17-26)31(21-7-9-23(33)10-8-21)27(32(34-29)22-5-6-22)13-11-24(35)15-25(36)16-30(37)38/h7-14,17,19-20,22,24-25,35-36H,5-6,15-16,18H2,1-4H3,(H,37,38)/b13-11+/t24-,25-/m1/s1. The van der Waals surface area contributed by atoms with Gasteiger partial charge in [-0.1, -0.05) is 24.3 Å². The Morgan fingerprint density at radius 1 is 1.07 bits per heavy atom. The number of ether oxygens (including phenoxy) is 1. The maximum Gasteiger partial charge on any atom is 0.368 e. The van der Waals surface area contributed by atoms with Crippen molar-refractivity contribution in [3.63, 3.8) is 0 Å². The van der Waals surface area contributed by atoms with Crippen molar-refractivity contribution in [3.8, 4) is 16.9 Å². The summed E-state index contributed by atoms with van der Waals surface area (Å²) in [6.07, 6.45) is 1.22. The fourth-order valence-electron chi connectivity index (χ4n) is 4.86. The zero-order chi connectivity index (χ0) is 31.3. The van der Waals surface area contributed by atoms with Crippen LogP contribution in [0.4, 0.5) is 4.39 Å². The fourth-order valence-corrected chi connectivity index (χ4v) is 6.62. The second-order valence-corrected chi connectivity index (χ2v) is 13.3. The molecule has 232 valence electrons. The van der Waals surface area contributed by atoms with Crippen molar-refractivity contribution in [3.05, 3.63) is 65.6 Å². The smallest absolute Gasteiger partial charge is 0.368 e. The van der Waals surface area contributed by atoms with Crippen LogP contribution in [-0.2, 0) is 18.4 Å². The highest BCUT2D eigenvalue weighted by molar-refractivity contribution is 7.53. The van der Waals surface area contributed by atoms with Crippen molar-refractivity contribution in [1.82, 2.24) is 4.98 Å². The first-order valence-corrected chi connectivity index (χ1v) is 16.1. The second kappa shape index (κ2) is 14.1. The molecule has 2 atom stereocenters. The molecule has 0 aliphatic heterocycles. The third-order valence-electron chi connectivity index (χ3n) is 6.66. The maximum atomic E-state index is 14.0. The lowest BCUT2D eigenvalue weighted by molar-refractivity contribution is -0.139. The molecule has 1 fully saturated rings. The summed E-state index contributed by atoms with van der Waals surface area (Å²) in [5, 5.41) is 30.2. The number of aliphatic hydroxyl groups excluding tert-OH is 2. The van der Waals surface area contributed by atoms with Crippen molar-refractivity contribution in [2.75, 3.05) is 6.35 Å². The normalized spacial score (nSPS) is 15.5. The number of aliphatic hydroxyl groups is 2. The molecular formula is C32H39FNO8P. The second-order valence-electron chi connectivity index (χ2n) is 11.4. The van der Waals surface area contributed by atoms with Crippen LogP contribution in [0.1, 0.15) is 70.6 Å². The number of hydrogen-bond acceptors (Lipinski definition) is 8. The van der Waals surface area contributed by atoms with Crippen LogP contribution in [0, 0.1) is 5.82 Å². The minimum atomic E-state index is -3.57. The summed E-state index contributed by atoms with van der Waals surface area (Å²) in [6.45, 7) is 7.07. The molecule has 2 aromatic carbocycles. The Bertz CT molecular complexity index is 1490. The average molecular weight is 616 g/mol. The van der Waals surface area contributed by atoms with Gasteiger partial charge in [0.1, 0.15) is 11.6 Å². The number of aliphatic carboxylic acids is 1. The molecule has 0 amide bonds. The highest BCUT2D eigenvalue weighted by atomic mass is 31.2. The molecule has 1 aromatic heterocycles. The van der Waals surface area contributed by atoms with E-state index in [2.05, 4.69) is 0 Å². The molecule has 1 saturated carbocycles. The van der Waals surface area contributed by atoms with E-state index in [9.17, 15) is 24.0 Å². The Morgan fingerprint density at radius 3 is 2.30 bits per heavy atom. The Hall–Kier alpha value is -3.14. The summed E-state index contributed by atoms with van der Waals surface area (Å²) in [4.78, 5) is 15.9. The highest BCUT2D eigenvalue weighted by Crippen LogP contribution is 2.51. The van der Waals surface area contributed by atoms with Gasteiger partial charge in [-0.15, -0.1) is 0 Å². The first-order chi connectivity index (χ1) is 20.3. The van der Waals surface area contributed by atoms with Gasteiger partial charge in [-0.25, -0.2) is 4.39 Å². The lowest BCUT2D eigenvalue weighted by Crippen LogP contribution is -2.19. The Kier molecular flexibility index (Phi) is 10.7. The molecule has 1 aliphatic rings. The lowest BCUT2D eigenvalue weighted by Gasteiger charge is -2.23. The number of carboxylic acid groups (broad SMARTS) is 1. The molecule has 0 radical (unpaired) electrons. The number of pyridine rings is 1. The predicted octanol–water partition coefficient (Wildman–Crippen LogP) is 6.90. The van der Waals surface area contributed by atoms with E-state index in [0.717, 1.165) is 29.7 Å². The van der Waals surface area contributed by atoms with Crippen molar-refractivity contribution in [1.29, 1.82) is 0 Å². The van der Waals surface area contributed by atoms with E-state index in [-0.39, 0.29) is 36.7 Å². The van der Waals surface area contributed by atoms with Crippen LogP contribution in [0.3, 0.4) is 0 Å². The summed E-state index contributed by atoms with van der Waals surface area (Å²) in [6, 6.07) is 11.4. The number of benzene rings is 2. The third kappa shape index (κ3) is 9.17. The molecule has 0 unspecified atom stereocenters. The number of fused-ring (bicyclic) bond motifs is 1. The van der Waals surface area contributed by atoms with Crippen LogP contribution in [0.15, 0.2) is 48.5 Å². The summed E-state index contributed by atoms with van der Waals surface area (Å²) in [5.41, 5.74) is 3.69. The molecule has 1 heterocycles. The number of hydrogen-bond donors (Lipinski definition) is 3. The van der Waals surface area contributed by atoms with E-state index in [1.54, 1.807) is 58.0 Å². The van der Waals surface area contributed by atoms with Gasteiger partial charge in [0.25, 0.3) is 0 Å². The zero-order valence-electron chi connectivity index (χ0n) is 24.8. The quantitative estimate of drug-likeness (QED) is 0.156. The summed E-state index contributed by atoms with van der Waals surface area (Å²) in [7, 11) is -3.57. The van der Waals surface area contributed by atoms with Gasteiger partial charge >= 0.3 is 13.6 Å². The van der Waals surface area contributed by atoms with E-state index in [1.165, 1.54) is 18.2 Å². The number of nitrogens with zero attached hydrogens (tertiary/aromatic N) is 1. The number of halogens is 1. The van der Waals surface area contributed by atoms with Gasteiger partial charge in [-0.3, -0.25) is 14.3 Å². The molecule has 3 aromatic rings. The third-order valence-corrected chi connectivity index (χ3v) is 8.59. The zero-order valence-corrected chi connectivity index (χ0v) is 25.7. The van der Waals surface area contributed by atoms with Crippen LogP contribution in [0.25, 0.3) is 28.1 Å². The van der Waals surface area contributed by atoms with Gasteiger partial charge in [0, 0.05) is 28.9 Å². The van der Waals surface area contributed by atoms with Crippen LogP contribution in [-0.4, -0.2) is 57.0 Å². The van der Waals surface area contributed by atoms with Gasteiger partial charge in [0.2, 0.25) is 0 Å². The van der Waals surface area contributed by atoms with Gasteiger partial charge in [0.15, 0.2) is 6.35 Å². The maximum absolute atomic E-state index is 14.0. The van der Waals surface area contributed by atoms with Gasteiger partial charge in [-0.05, 0) is 76.4 Å². The van der Waals surface area contributed by atoms with Crippen LogP contribution < -0.4 is 4.74 Å². The van der Waals surface area contributed by atoms with Crippen LogP contribution >= 0.6 is 7.60 Å². The monoisotopic (exact) mass is 615 g/mol. The number of aromatic nitrogens is 1. The molecule has 0 bridgehead atoms. The summed E-state index contributed by atoms with van der Waals surface area (Å²) < 4.78 is 44.5. The van der Waals surface area contributed by atoms with E-state index in [4.69, 9.17) is 23.9 Å². The van der Waals surface area contributed by atoms with Crippen molar-refractivity contribution < 1.29 is 42.9 Å². The van der Waals surface area contributed by atoms with E-state index < -0.39 is 32.2 Å². The van der Waals surface area contributed by atoms with E-state index >= 15 is 0 Å². The van der Waals surface area contributed by atoms with Gasteiger partial charge < -0.3 is 29.1 Å². The van der Waals surface area contributed by atoms with Crippen LogP contribution in [0.2, 0.25) is 0 Å². The van der Waals surface area contributed by atoms with Crippen LogP contribution in [0.5, 0.6) is 5.75 Å². The number of carbonyl (C=O) groups is 1. The molecule has 0 saturated heterocycles. The molecule has 11 heteroatoms. The minimum Gasteiger partial charge on any atom is -0.481 e. The van der Waals surface area contributed by atoms with Crippen molar-refractivity contribution in [2.45, 2.75) is 83.7 Å². The van der Waals surface area contributed by atoms with Crippen molar-refractivity contribution >= 4 is 30.5 Å². The average Bonchev–Trinajstić information content (AvgIpc) is 3.75. The number of rotatable bonds is 15. The van der Waals surface area contributed by atoms with E-state index in [0.29, 0.717) is 22.2 Å². The van der Waals surface area contributed by atoms with Gasteiger partial charge in [-0.2, -0.15) is 0 Å². The Balaban J connectivity index is 1.78. The summed E-state index contributed by atoms with van der Waals surface area (Å²) in [5.74, 6) is -0.929. The Morgan fingerprint density at radius 2 is 1.72 bits per heavy atom. The molecule has 9 nitrogen and oxygen atoms in total. The molecule has 3 N–H and O–H groups in total. The number of carboxylic acids is 1. The fraction of sp³-hybridized carbons (Fsp3) is 0.438. The topological polar surface area (TPSA) is 135 Å². The first kappa shape index (κ1) is 32.8. The SMILES string of the molecule is CC(C)OP(=O)(COc1ccc2nc(C3CC3)c(/C=C/[C@@H](O)C[C@@H](O)CC(=O)O)c(-c3ccc(F)cc3)c2c1)OC(C)C. The molecule has 0 spiro atoms. The molecule has 4 rings (SSSR count). The largest absolute Gasteiger partial charge is 0.481 e. The molecular weight excluding hydrogens is 576 g/mol. The summed E-state index contributed by atoms with van der Waals surface area (Å²) >= 11 is 0. The predicted molar refractivity (Wildman–Crippen MR) is 163 cm³/mol. The molecule has 1 aliphatic carbocycles. The Labute approximate surface area is 250 Å². The first-order valence-electron chi connectivity index (χ1n) is 14.4. The van der Waals surface area contributed by atoms with E-state index in [1.807, 2.05) is 6.07 Å². The lowest BCUT2D eigenvalue weighted by atomic mass is 9.92. The minimum absolute atomic E-state index is 0.149. The van der Waals surface area contributed by atoms with Crippen molar-refractivity contribution in [2.24, 2.45) is 0 Å². The molecule has 43 heavy (non-hydrogen) atoms. The van der Waals surface area contributed by atoms with Gasteiger partial charge in [0.05, 0.1) is 42.0 Å². The highest BCUT2D eigenvalue weighted by Gasteiger charge is 2.31.